The van der Waals surface area contributed by atoms with Crippen molar-refractivity contribution >= 4 is 29.0 Å². The van der Waals surface area contributed by atoms with Crippen LogP contribution in [-0.2, 0) is 14.3 Å². The Morgan fingerprint density at radius 3 is 2.83 bits per heavy atom. The smallest absolute Gasteiger partial charge is 0.350 e. The number of anilines is 1. The van der Waals surface area contributed by atoms with Crippen molar-refractivity contribution in [3.05, 3.63) is 28.1 Å². The first-order valence-electron chi connectivity index (χ1n) is 5.36. The Kier molecular flexibility index (Phi) is 5.38. The molecule has 1 heterocycles. The highest BCUT2D eigenvalue weighted by Gasteiger charge is 2.13. The van der Waals surface area contributed by atoms with Crippen LogP contribution in [0, 0.1) is 0 Å². The van der Waals surface area contributed by atoms with E-state index in [0.29, 0.717) is 22.9 Å². The summed E-state index contributed by atoms with van der Waals surface area (Å²) in [7, 11) is 1.33. The fourth-order valence-corrected chi connectivity index (χ4v) is 2.03. The number of thiophene rings is 1. The molecule has 6 heteroatoms. The standard InChI is InChI=1S/C12H15NO4S/c1-4-17-10(14)7-8(2)13-9-5-6-18-11(9)12(15)16-3/h5-7,13H,4H2,1-3H3. The SMILES string of the molecule is CCOC(=O)C=C(C)Nc1ccsc1C(=O)OC. The molecule has 5 nitrogen and oxygen atoms in total. The lowest BCUT2D eigenvalue weighted by molar-refractivity contribution is -0.137. The predicted octanol–water partition coefficient (Wildman–Crippen LogP) is 2.41. The maximum absolute atomic E-state index is 11.4. The van der Waals surface area contributed by atoms with Gasteiger partial charge in [-0.2, -0.15) is 0 Å². The van der Waals surface area contributed by atoms with Crippen LogP contribution < -0.4 is 5.32 Å². The third-order valence-electron chi connectivity index (χ3n) is 1.99. The van der Waals surface area contributed by atoms with Gasteiger partial charge in [0.15, 0.2) is 0 Å². The first kappa shape index (κ1) is 14.2. The molecule has 1 N–H and O–H groups in total. The number of carbonyl (C=O) groups excluding carboxylic acids is 2. The quantitative estimate of drug-likeness (QED) is 0.657. The summed E-state index contributed by atoms with van der Waals surface area (Å²) < 4.78 is 9.44. The van der Waals surface area contributed by atoms with E-state index in [-0.39, 0.29) is 0 Å². The zero-order valence-corrected chi connectivity index (χ0v) is 11.3. The van der Waals surface area contributed by atoms with Crippen LogP contribution in [0.1, 0.15) is 23.5 Å². The van der Waals surface area contributed by atoms with Crippen LogP contribution in [0.15, 0.2) is 23.2 Å². The maximum Gasteiger partial charge on any atom is 0.350 e. The van der Waals surface area contributed by atoms with E-state index in [2.05, 4.69) is 10.1 Å². The number of hydrogen-bond acceptors (Lipinski definition) is 6. The highest BCUT2D eigenvalue weighted by Crippen LogP contribution is 2.24. The highest BCUT2D eigenvalue weighted by molar-refractivity contribution is 7.12. The molecule has 0 radical (unpaired) electrons. The number of methoxy groups -OCH3 is 1. The van der Waals surface area contributed by atoms with E-state index in [1.54, 1.807) is 25.3 Å². The van der Waals surface area contributed by atoms with Crippen LogP contribution in [0.25, 0.3) is 0 Å². The van der Waals surface area contributed by atoms with Gasteiger partial charge in [-0.1, -0.05) is 0 Å². The van der Waals surface area contributed by atoms with E-state index in [4.69, 9.17) is 4.74 Å². The molecule has 0 atom stereocenters. The van der Waals surface area contributed by atoms with Crippen LogP contribution in [0.2, 0.25) is 0 Å². The molecule has 18 heavy (non-hydrogen) atoms. The van der Waals surface area contributed by atoms with Crippen LogP contribution in [0.5, 0.6) is 0 Å². The van der Waals surface area contributed by atoms with E-state index >= 15 is 0 Å². The third kappa shape index (κ3) is 3.89. The molecule has 0 aromatic carbocycles. The fraction of sp³-hybridized carbons (Fsp3) is 0.333. The summed E-state index contributed by atoms with van der Waals surface area (Å²) in [6.45, 7) is 3.78. The van der Waals surface area contributed by atoms with Crippen molar-refractivity contribution in [2.75, 3.05) is 19.0 Å². The molecule has 0 spiro atoms. The Labute approximate surface area is 109 Å². The maximum atomic E-state index is 11.4. The monoisotopic (exact) mass is 269 g/mol. The van der Waals surface area contributed by atoms with Crippen molar-refractivity contribution in [2.24, 2.45) is 0 Å². The summed E-state index contributed by atoms with van der Waals surface area (Å²) in [5.74, 6) is -0.825. The molecular weight excluding hydrogens is 254 g/mol. The molecular formula is C12H15NO4S. The summed E-state index contributed by atoms with van der Waals surface area (Å²) in [6, 6.07) is 1.75. The zero-order chi connectivity index (χ0) is 13.5. The molecule has 0 unspecified atom stereocenters. The number of carbonyl (C=O) groups is 2. The average Bonchev–Trinajstić information content (AvgIpc) is 2.76. The second-order valence-corrected chi connectivity index (χ2v) is 4.28. The molecule has 0 saturated carbocycles. The molecule has 0 fully saturated rings. The predicted molar refractivity (Wildman–Crippen MR) is 69.7 cm³/mol. The Morgan fingerprint density at radius 2 is 2.22 bits per heavy atom. The van der Waals surface area contributed by atoms with Crippen molar-refractivity contribution in [2.45, 2.75) is 13.8 Å². The van der Waals surface area contributed by atoms with Crippen LogP contribution in [0.3, 0.4) is 0 Å². The van der Waals surface area contributed by atoms with Gasteiger partial charge in [-0.25, -0.2) is 9.59 Å². The Morgan fingerprint density at radius 1 is 1.50 bits per heavy atom. The molecule has 0 aliphatic heterocycles. The van der Waals surface area contributed by atoms with E-state index < -0.39 is 11.9 Å². The molecule has 0 aliphatic carbocycles. The highest BCUT2D eigenvalue weighted by atomic mass is 32.1. The summed E-state index contributed by atoms with van der Waals surface area (Å²) in [6.07, 6.45) is 1.34. The van der Waals surface area contributed by atoms with Gasteiger partial charge in [-0.05, 0) is 25.3 Å². The van der Waals surface area contributed by atoms with Gasteiger partial charge in [-0.3, -0.25) is 0 Å². The zero-order valence-electron chi connectivity index (χ0n) is 10.5. The van der Waals surface area contributed by atoms with Gasteiger partial charge in [0.1, 0.15) is 4.88 Å². The lowest BCUT2D eigenvalue weighted by Gasteiger charge is -2.06. The number of nitrogens with one attached hydrogen (secondary N) is 1. The minimum absolute atomic E-state index is 0.328. The molecule has 98 valence electrons. The van der Waals surface area contributed by atoms with Gasteiger partial charge >= 0.3 is 11.9 Å². The molecule has 0 bridgehead atoms. The molecule has 1 rings (SSSR count). The normalized spacial score (nSPS) is 10.9. The largest absolute Gasteiger partial charge is 0.465 e. The lowest BCUT2D eigenvalue weighted by atomic mass is 10.3. The van der Waals surface area contributed by atoms with Gasteiger partial charge in [-0.15, -0.1) is 11.3 Å². The van der Waals surface area contributed by atoms with Crippen molar-refractivity contribution < 1.29 is 19.1 Å². The van der Waals surface area contributed by atoms with Gasteiger partial charge in [0, 0.05) is 11.8 Å². The number of allylic oxidation sites excluding steroid dienone is 1. The number of rotatable bonds is 5. The first-order chi connectivity index (χ1) is 8.58. The Hall–Kier alpha value is -1.82. The average molecular weight is 269 g/mol. The van der Waals surface area contributed by atoms with E-state index in [1.807, 2.05) is 0 Å². The minimum Gasteiger partial charge on any atom is -0.465 e. The first-order valence-corrected chi connectivity index (χ1v) is 6.24. The van der Waals surface area contributed by atoms with Crippen LogP contribution >= 0.6 is 11.3 Å². The minimum atomic E-state index is -0.419. The third-order valence-corrected chi connectivity index (χ3v) is 2.88. The number of hydrogen-bond donors (Lipinski definition) is 1. The molecule has 0 saturated heterocycles. The van der Waals surface area contributed by atoms with Crippen molar-refractivity contribution in [1.29, 1.82) is 0 Å². The van der Waals surface area contributed by atoms with E-state index in [0.717, 1.165) is 0 Å². The summed E-state index contributed by atoms with van der Waals surface area (Å²) in [5.41, 5.74) is 1.21. The van der Waals surface area contributed by atoms with Gasteiger partial charge in [0.05, 0.1) is 19.4 Å². The summed E-state index contributed by atoms with van der Waals surface area (Å²) in [5, 5.41) is 4.73. The lowest BCUT2D eigenvalue weighted by Crippen LogP contribution is -2.06. The Balaban J connectivity index is 2.76. The summed E-state index contributed by atoms with van der Waals surface area (Å²) >= 11 is 1.27. The van der Waals surface area contributed by atoms with Crippen molar-refractivity contribution in [3.63, 3.8) is 0 Å². The molecule has 1 aromatic heterocycles. The summed E-state index contributed by atoms with van der Waals surface area (Å²) in [4.78, 5) is 23.1. The topological polar surface area (TPSA) is 64.6 Å². The van der Waals surface area contributed by atoms with Crippen molar-refractivity contribution in [1.82, 2.24) is 0 Å². The molecule has 0 aliphatic rings. The van der Waals surface area contributed by atoms with E-state index in [1.165, 1.54) is 24.5 Å². The second kappa shape index (κ2) is 6.80. The second-order valence-electron chi connectivity index (χ2n) is 3.36. The number of ether oxygens (including phenoxy) is 2. The van der Waals surface area contributed by atoms with E-state index in [9.17, 15) is 9.59 Å². The van der Waals surface area contributed by atoms with Crippen molar-refractivity contribution in [3.8, 4) is 0 Å². The fourth-order valence-electron chi connectivity index (χ4n) is 1.27. The molecule has 1 aromatic rings. The van der Waals surface area contributed by atoms with Gasteiger partial charge in [0.25, 0.3) is 0 Å². The number of esters is 2. The van der Waals surface area contributed by atoms with Crippen LogP contribution in [0.4, 0.5) is 5.69 Å². The van der Waals surface area contributed by atoms with Crippen LogP contribution in [-0.4, -0.2) is 25.7 Å². The molecule has 0 amide bonds. The Bertz CT molecular complexity index is 464. The van der Waals surface area contributed by atoms with Gasteiger partial charge in [0.2, 0.25) is 0 Å². The van der Waals surface area contributed by atoms with Gasteiger partial charge < -0.3 is 14.8 Å².